The second-order valence-electron chi connectivity index (χ2n) is 2.41. The van der Waals surface area contributed by atoms with E-state index in [-0.39, 0.29) is 0 Å². The summed E-state index contributed by atoms with van der Waals surface area (Å²) in [5.41, 5.74) is 6.36. The Labute approximate surface area is 72.7 Å². The van der Waals surface area contributed by atoms with Crippen molar-refractivity contribution in [3.63, 3.8) is 0 Å². The van der Waals surface area contributed by atoms with E-state index in [0.29, 0.717) is 13.2 Å². The molecule has 1 rings (SSSR count). The first-order chi connectivity index (χ1) is 5.86. The van der Waals surface area contributed by atoms with E-state index in [2.05, 4.69) is 6.58 Å². The van der Waals surface area contributed by atoms with E-state index in [1.165, 1.54) is 0 Å². The largest absolute Gasteiger partial charge is 0.492 e. The van der Waals surface area contributed by atoms with Crippen LogP contribution in [-0.4, -0.2) is 13.2 Å². The SMILES string of the molecule is C=Cc1cccc(OCCN)c1. The van der Waals surface area contributed by atoms with Gasteiger partial charge in [0.25, 0.3) is 0 Å². The quantitative estimate of drug-likeness (QED) is 0.732. The van der Waals surface area contributed by atoms with Crippen LogP contribution in [0.3, 0.4) is 0 Å². The highest BCUT2D eigenvalue weighted by Gasteiger charge is 1.92. The predicted octanol–water partition coefficient (Wildman–Crippen LogP) is 1.67. The van der Waals surface area contributed by atoms with Gasteiger partial charge in [-0.3, -0.25) is 0 Å². The molecule has 0 aromatic heterocycles. The highest BCUT2D eigenvalue weighted by Crippen LogP contribution is 2.13. The van der Waals surface area contributed by atoms with Crippen molar-refractivity contribution >= 4 is 6.08 Å². The minimum absolute atomic E-state index is 0.540. The number of hydrogen-bond acceptors (Lipinski definition) is 2. The molecule has 1 aromatic rings. The normalized spacial score (nSPS) is 9.42. The van der Waals surface area contributed by atoms with Crippen molar-refractivity contribution in [1.82, 2.24) is 0 Å². The number of ether oxygens (including phenoxy) is 1. The Hall–Kier alpha value is -1.28. The lowest BCUT2D eigenvalue weighted by Crippen LogP contribution is -2.10. The molecule has 0 saturated heterocycles. The molecule has 0 aliphatic rings. The average molecular weight is 163 g/mol. The molecule has 12 heavy (non-hydrogen) atoms. The first kappa shape index (κ1) is 8.81. The fourth-order valence-corrected chi connectivity index (χ4v) is 0.908. The molecule has 0 aliphatic heterocycles. The molecule has 0 amide bonds. The minimum Gasteiger partial charge on any atom is -0.492 e. The summed E-state index contributed by atoms with van der Waals surface area (Å²) in [6.07, 6.45) is 1.79. The monoisotopic (exact) mass is 163 g/mol. The van der Waals surface area contributed by atoms with Crippen molar-refractivity contribution < 1.29 is 4.74 Å². The van der Waals surface area contributed by atoms with Crippen molar-refractivity contribution in [3.05, 3.63) is 36.4 Å². The summed E-state index contributed by atoms with van der Waals surface area (Å²) in [5, 5.41) is 0. The van der Waals surface area contributed by atoms with Crippen molar-refractivity contribution in [1.29, 1.82) is 0 Å². The highest BCUT2D eigenvalue weighted by atomic mass is 16.5. The van der Waals surface area contributed by atoms with Crippen molar-refractivity contribution in [2.24, 2.45) is 5.73 Å². The van der Waals surface area contributed by atoms with E-state index in [0.717, 1.165) is 11.3 Å². The third-order valence-electron chi connectivity index (χ3n) is 1.48. The van der Waals surface area contributed by atoms with Crippen LogP contribution in [0.15, 0.2) is 30.8 Å². The molecule has 0 atom stereocenters. The Bertz CT molecular complexity index is 258. The Morgan fingerprint density at radius 1 is 1.50 bits per heavy atom. The summed E-state index contributed by atoms with van der Waals surface area (Å²) in [6, 6.07) is 7.75. The maximum Gasteiger partial charge on any atom is 0.119 e. The zero-order valence-corrected chi connectivity index (χ0v) is 6.99. The summed E-state index contributed by atoms with van der Waals surface area (Å²) < 4.78 is 5.32. The van der Waals surface area contributed by atoms with Crippen molar-refractivity contribution in [3.8, 4) is 5.75 Å². The minimum atomic E-state index is 0.540. The molecule has 0 unspecified atom stereocenters. The van der Waals surface area contributed by atoms with Gasteiger partial charge < -0.3 is 10.5 Å². The molecule has 0 heterocycles. The number of benzene rings is 1. The van der Waals surface area contributed by atoms with E-state index >= 15 is 0 Å². The number of nitrogens with two attached hydrogens (primary N) is 1. The maximum absolute atomic E-state index is 5.32. The van der Waals surface area contributed by atoms with Crippen LogP contribution in [0.5, 0.6) is 5.75 Å². The van der Waals surface area contributed by atoms with Crippen LogP contribution < -0.4 is 10.5 Å². The number of hydrogen-bond donors (Lipinski definition) is 1. The van der Waals surface area contributed by atoms with Gasteiger partial charge in [0.1, 0.15) is 12.4 Å². The summed E-state index contributed by atoms with van der Waals surface area (Å²) in [5.74, 6) is 0.845. The van der Waals surface area contributed by atoms with Gasteiger partial charge in [0.05, 0.1) is 0 Å². The van der Waals surface area contributed by atoms with E-state index in [1.807, 2.05) is 24.3 Å². The Kier molecular flexibility index (Phi) is 3.35. The molecule has 0 bridgehead atoms. The fourth-order valence-electron chi connectivity index (χ4n) is 0.908. The highest BCUT2D eigenvalue weighted by molar-refractivity contribution is 5.49. The molecule has 2 nitrogen and oxygen atoms in total. The van der Waals surface area contributed by atoms with Gasteiger partial charge in [0.2, 0.25) is 0 Å². The van der Waals surface area contributed by atoms with Gasteiger partial charge in [-0.15, -0.1) is 0 Å². The summed E-state index contributed by atoms with van der Waals surface area (Å²) in [6.45, 7) is 4.77. The van der Waals surface area contributed by atoms with Crippen LogP contribution in [-0.2, 0) is 0 Å². The molecule has 2 heteroatoms. The van der Waals surface area contributed by atoms with Gasteiger partial charge in [0, 0.05) is 6.54 Å². The molecule has 0 saturated carbocycles. The topological polar surface area (TPSA) is 35.2 Å². The zero-order chi connectivity index (χ0) is 8.81. The molecular formula is C10H13NO. The molecule has 2 N–H and O–H groups in total. The van der Waals surface area contributed by atoms with Gasteiger partial charge in [-0.2, -0.15) is 0 Å². The second-order valence-corrected chi connectivity index (χ2v) is 2.41. The van der Waals surface area contributed by atoms with Crippen LogP contribution >= 0.6 is 0 Å². The van der Waals surface area contributed by atoms with Crippen LogP contribution in [0.1, 0.15) is 5.56 Å². The van der Waals surface area contributed by atoms with Crippen LogP contribution in [0.4, 0.5) is 0 Å². The molecule has 0 aliphatic carbocycles. The zero-order valence-electron chi connectivity index (χ0n) is 6.99. The van der Waals surface area contributed by atoms with E-state index < -0.39 is 0 Å². The van der Waals surface area contributed by atoms with E-state index in [4.69, 9.17) is 10.5 Å². The van der Waals surface area contributed by atoms with Gasteiger partial charge in [0.15, 0.2) is 0 Å². The summed E-state index contributed by atoms with van der Waals surface area (Å²) in [4.78, 5) is 0. The summed E-state index contributed by atoms with van der Waals surface area (Å²) >= 11 is 0. The fraction of sp³-hybridized carbons (Fsp3) is 0.200. The smallest absolute Gasteiger partial charge is 0.119 e. The molecule has 0 spiro atoms. The maximum atomic E-state index is 5.32. The molecule has 0 radical (unpaired) electrons. The second kappa shape index (κ2) is 4.57. The molecule has 0 fully saturated rings. The molecular weight excluding hydrogens is 150 g/mol. The third-order valence-corrected chi connectivity index (χ3v) is 1.48. The first-order valence-electron chi connectivity index (χ1n) is 3.92. The first-order valence-corrected chi connectivity index (χ1v) is 3.92. The Morgan fingerprint density at radius 2 is 2.33 bits per heavy atom. The molecule has 1 aromatic carbocycles. The van der Waals surface area contributed by atoms with Crippen LogP contribution in [0, 0.1) is 0 Å². The Balaban J connectivity index is 2.66. The van der Waals surface area contributed by atoms with Gasteiger partial charge in [-0.05, 0) is 17.7 Å². The van der Waals surface area contributed by atoms with Crippen molar-refractivity contribution in [2.45, 2.75) is 0 Å². The van der Waals surface area contributed by atoms with E-state index in [9.17, 15) is 0 Å². The van der Waals surface area contributed by atoms with E-state index in [1.54, 1.807) is 6.08 Å². The van der Waals surface area contributed by atoms with Gasteiger partial charge in [-0.1, -0.05) is 24.8 Å². The van der Waals surface area contributed by atoms with Crippen LogP contribution in [0.25, 0.3) is 6.08 Å². The van der Waals surface area contributed by atoms with Crippen LogP contribution in [0.2, 0.25) is 0 Å². The standard InChI is InChI=1S/C10H13NO/c1-2-9-4-3-5-10(8-9)12-7-6-11/h2-5,8H,1,6-7,11H2. The lowest BCUT2D eigenvalue weighted by molar-refractivity contribution is 0.328. The number of rotatable bonds is 4. The van der Waals surface area contributed by atoms with Gasteiger partial charge >= 0.3 is 0 Å². The predicted molar refractivity (Wildman–Crippen MR) is 51.1 cm³/mol. The van der Waals surface area contributed by atoms with Gasteiger partial charge in [-0.25, -0.2) is 0 Å². The molecule has 64 valence electrons. The third kappa shape index (κ3) is 2.40. The Morgan fingerprint density at radius 3 is 3.00 bits per heavy atom. The summed E-state index contributed by atoms with van der Waals surface area (Å²) in [7, 11) is 0. The van der Waals surface area contributed by atoms with Crippen molar-refractivity contribution in [2.75, 3.05) is 13.2 Å². The average Bonchev–Trinajstić information content (AvgIpc) is 2.15. The lowest BCUT2D eigenvalue weighted by atomic mass is 10.2. The lowest BCUT2D eigenvalue weighted by Gasteiger charge is -2.04.